The van der Waals surface area contributed by atoms with Crippen molar-refractivity contribution in [1.82, 2.24) is 0 Å². The van der Waals surface area contributed by atoms with Crippen molar-refractivity contribution < 1.29 is 17.9 Å². The van der Waals surface area contributed by atoms with Crippen LogP contribution in [-0.4, -0.2) is 6.10 Å². The topological polar surface area (TPSA) is 33.0 Å². The lowest BCUT2D eigenvalue weighted by molar-refractivity contribution is -0.137. The molecule has 0 N–H and O–H groups in total. The first-order valence-electron chi connectivity index (χ1n) is 7.22. The summed E-state index contributed by atoms with van der Waals surface area (Å²) in [5, 5.41) is 8.77. The number of rotatable bonds is 3. The van der Waals surface area contributed by atoms with Crippen molar-refractivity contribution >= 4 is 0 Å². The van der Waals surface area contributed by atoms with Gasteiger partial charge in [-0.2, -0.15) is 18.4 Å². The highest BCUT2D eigenvalue weighted by Crippen LogP contribution is 2.35. The molecule has 1 aliphatic carbocycles. The van der Waals surface area contributed by atoms with Gasteiger partial charge in [-0.3, -0.25) is 0 Å². The second-order valence-electron chi connectivity index (χ2n) is 5.50. The van der Waals surface area contributed by atoms with Crippen LogP contribution < -0.4 is 4.74 Å². The van der Waals surface area contributed by atoms with E-state index in [0.717, 1.165) is 38.2 Å². The second-order valence-corrected chi connectivity index (χ2v) is 5.50. The maximum absolute atomic E-state index is 12.9. The molecule has 21 heavy (non-hydrogen) atoms. The summed E-state index contributed by atoms with van der Waals surface area (Å²) in [5.74, 6) is 0.785. The standard InChI is InChI=1S/C16H18F3NO/c1-2-11-4-3-5-13(8-11)21-14-7-6-12(10-20)15(9-14)16(17,18)19/h6-7,9,11,13H,2-5,8H2,1H3. The molecule has 0 aliphatic heterocycles. The van der Waals surface area contributed by atoms with Gasteiger partial charge in [-0.15, -0.1) is 0 Å². The van der Waals surface area contributed by atoms with Crippen LogP contribution in [0.4, 0.5) is 13.2 Å². The Morgan fingerprint density at radius 2 is 2.10 bits per heavy atom. The fourth-order valence-electron chi connectivity index (χ4n) is 2.84. The normalized spacial score (nSPS) is 22.6. The van der Waals surface area contributed by atoms with Crippen molar-refractivity contribution in [2.24, 2.45) is 5.92 Å². The van der Waals surface area contributed by atoms with Crippen LogP contribution in [0.25, 0.3) is 0 Å². The van der Waals surface area contributed by atoms with Gasteiger partial charge in [-0.25, -0.2) is 0 Å². The van der Waals surface area contributed by atoms with Gasteiger partial charge in [-0.05, 0) is 43.4 Å². The molecular weight excluding hydrogens is 279 g/mol. The third kappa shape index (κ3) is 3.90. The zero-order chi connectivity index (χ0) is 15.5. The molecule has 1 saturated carbocycles. The number of nitriles is 1. The number of nitrogens with zero attached hydrogens (tertiary/aromatic N) is 1. The minimum atomic E-state index is -4.54. The summed E-state index contributed by atoms with van der Waals surface area (Å²) < 4.78 is 44.4. The van der Waals surface area contributed by atoms with Gasteiger partial charge in [0.05, 0.1) is 23.3 Å². The fraction of sp³-hybridized carbons (Fsp3) is 0.562. The molecule has 1 aromatic rings. The lowest BCUT2D eigenvalue weighted by Crippen LogP contribution is -2.25. The highest BCUT2D eigenvalue weighted by molar-refractivity contribution is 5.44. The molecule has 5 heteroatoms. The van der Waals surface area contributed by atoms with E-state index in [4.69, 9.17) is 10.00 Å². The molecule has 0 heterocycles. The molecule has 0 bridgehead atoms. The zero-order valence-electron chi connectivity index (χ0n) is 11.9. The molecule has 2 atom stereocenters. The van der Waals surface area contributed by atoms with Gasteiger partial charge in [0.2, 0.25) is 0 Å². The third-order valence-corrected chi connectivity index (χ3v) is 4.03. The predicted molar refractivity (Wildman–Crippen MR) is 72.8 cm³/mol. The Kier molecular flexibility index (Phi) is 4.76. The Morgan fingerprint density at radius 1 is 1.33 bits per heavy atom. The summed E-state index contributed by atoms with van der Waals surface area (Å²) in [4.78, 5) is 0. The van der Waals surface area contributed by atoms with Gasteiger partial charge in [0.25, 0.3) is 0 Å². The maximum atomic E-state index is 12.9. The predicted octanol–water partition coefficient (Wildman–Crippen LogP) is 4.92. The molecule has 0 aromatic heterocycles. The van der Waals surface area contributed by atoms with Crippen molar-refractivity contribution in [3.8, 4) is 11.8 Å². The third-order valence-electron chi connectivity index (χ3n) is 4.03. The minimum Gasteiger partial charge on any atom is -0.490 e. The van der Waals surface area contributed by atoms with Crippen LogP contribution in [0, 0.1) is 17.2 Å². The number of hydrogen-bond donors (Lipinski definition) is 0. The molecule has 0 spiro atoms. The Hall–Kier alpha value is -1.70. The highest BCUT2D eigenvalue weighted by atomic mass is 19.4. The van der Waals surface area contributed by atoms with Crippen LogP contribution in [0.5, 0.6) is 5.75 Å². The molecule has 1 aromatic carbocycles. The van der Waals surface area contributed by atoms with E-state index >= 15 is 0 Å². The first kappa shape index (κ1) is 15.7. The van der Waals surface area contributed by atoms with E-state index in [9.17, 15) is 13.2 Å². The largest absolute Gasteiger partial charge is 0.490 e. The van der Waals surface area contributed by atoms with Crippen molar-refractivity contribution in [2.45, 2.75) is 51.3 Å². The highest BCUT2D eigenvalue weighted by Gasteiger charge is 2.34. The molecule has 2 nitrogen and oxygen atoms in total. The second kappa shape index (κ2) is 6.38. The summed E-state index contributed by atoms with van der Waals surface area (Å²) in [7, 11) is 0. The number of halogens is 3. The first-order chi connectivity index (χ1) is 9.94. The molecule has 1 aliphatic rings. The molecule has 2 rings (SSSR count). The number of benzene rings is 1. The Labute approximate surface area is 122 Å². The van der Waals surface area contributed by atoms with E-state index in [1.807, 2.05) is 0 Å². The van der Waals surface area contributed by atoms with E-state index in [2.05, 4.69) is 6.92 Å². The molecule has 0 amide bonds. The number of ether oxygens (including phenoxy) is 1. The Bertz CT molecular complexity index is 533. The molecule has 2 unspecified atom stereocenters. The molecule has 0 radical (unpaired) electrons. The van der Waals surface area contributed by atoms with Gasteiger partial charge in [0, 0.05) is 0 Å². The fourth-order valence-corrected chi connectivity index (χ4v) is 2.84. The van der Waals surface area contributed by atoms with Gasteiger partial charge >= 0.3 is 6.18 Å². The van der Waals surface area contributed by atoms with Crippen LogP contribution in [0.3, 0.4) is 0 Å². The van der Waals surface area contributed by atoms with Gasteiger partial charge in [0.1, 0.15) is 5.75 Å². The van der Waals surface area contributed by atoms with Gasteiger partial charge in [-0.1, -0.05) is 19.8 Å². The van der Waals surface area contributed by atoms with Crippen LogP contribution in [-0.2, 0) is 6.18 Å². The molecule has 114 valence electrons. The average molecular weight is 297 g/mol. The van der Waals surface area contributed by atoms with Gasteiger partial charge < -0.3 is 4.74 Å². The minimum absolute atomic E-state index is 0.0299. The maximum Gasteiger partial charge on any atom is 0.417 e. The Morgan fingerprint density at radius 3 is 2.71 bits per heavy atom. The van der Waals surface area contributed by atoms with Crippen molar-refractivity contribution in [3.05, 3.63) is 29.3 Å². The summed E-state index contributed by atoms with van der Waals surface area (Å²) in [6, 6.07) is 5.14. The summed E-state index contributed by atoms with van der Waals surface area (Å²) in [6.45, 7) is 2.12. The van der Waals surface area contributed by atoms with Crippen molar-refractivity contribution in [1.29, 1.82) is 5.26 Å². The van der Waals surface area contributed by atoms with Crippen LogP contribution >= 0.6 is 0 Å². The smallest absolute Gasteiger partial charge is 0.417 e. The van der Waals surface area contributed by atoms with Crippen molar-refractivity contribution in [3.63, 3.8) is 0 Å². The van der Waals surface area contributed by atoms with E-state index < -0.39 is 11.7 Å². The SMILES string of the molecule is CCC1CCCC(Oc2ccc(C#N)c(C(F)(F)F)c2)C1. The monoisotopic (exact) mass is 297 g/mol. The lowest BCUT2D eigenvalue weighted by Gasteiger charge is -2.29. The quantitative estimate of drug-likeness (QED) is 0.793. The molecule has 1 fully saturated rings. The zero-order valence-corrected chi connectivity index (χ0v) is 11.9. The van der Waals surface area contributed by atoms with E-state index in [-0.39, 0.29) is 17.4 Å². The average Bonchev–Trinajstić information content (AvgIpc) is 2.46. The lowest BCUT2D eigenvalue weighted by atomic mass is 9.85. The summed E-state index contributed by atoms with van der Waals surface area (Å²) >= 11 is 0. The van der Waals surface area contributed by atoms with E-state index in [0.29, 0.717) is 5.92 Å². The summed E-state index contributed by atoms with van der Waals surface area (Å²) in [5.41, 5.74) is -1.30. The van der Waals surface area contributed by atoms with Crippen LogP contribution in [0.2, 0.25) is 0 Å². The number of hydrogen-bond acceptors (Lipinski definition) is 2. The summed E-state index contributed by atoms with van der Waals surface area (Å²) in [6.07, 6.45) is 0.473. The van der Waals surface area contributed by atoms with E-state index in [1.165, 1.54) is 12.1 Å². The van der Waals surface area contributed by atoms with Gasteiger partial charge in [0.15, 0.2) is 0 Å². The first-order valence-corrected chi connectivity index (χ1v) is 7.22. The number of alkyl halides is 3. The van der Waals surface area contributed by atoms with Crippen LogP contribution in [0.1, 0.15) is 50.2 Å². The molecule has 0 saturated heterocycles. The van der Waals surface area contributed by atoms with Crippen molar-refractivity contribution in [2.75, 3.05) is 0 Å². The Balaban J connectivity index is 2.16. The molecular formula is C16H18F3NO. The van der Waals surface area contributed by atoms with E-state index in [1.54, 1.807) is 6.07 Å². The van der Waals surface area contributed by atoms with Crippen LogP contribution in [0.15, 0.2) is 18.2 Å².